The van der Waals surface area contributed by atoms with Crippen molar-refractivity contribution in [3.05, 3.63) is 23.8 Å². The third-order valence-corrected chi connectivity index (χ3v) is 4.04. The van der Waals surface area contributed by atoms with E-state index in [1.165, 1.54) is 0 Å². The summed E-state index contributed by atoms with van der Waals surface area (Å²) in [5.74, 6) is 3.54. The Morgan fingerprint density at radius 2 is 2.00 bits per heavy atom. The number of carbonyl (C=O) groups is 1. The molecule has 1 fully saturated rings. The number of thioether (sulfide) groups is 1. The maximum atomic E-state index is 11.9. The van der Waals surface area contributed by atoms with Crippen molar-refractivity contribution in [2.75, 3.05) is 25.7 Å². The molecular weight excluding hydrogens is 236 g/mol. The summed E-state index contributed by atoms with van der Waals surface area (Å²) in [4.78, 5) is 11.9. The maximum absolute atomic E-state index is 11.9. The second kappa shape index (κ2) is 5.45. The maximum Gasteiger partial charge on any atom is 0.161 e. The second-order valence-corrected chi connectivity index (χ2v) is 5.11. The molecule has 1 aromatic carbocycles. The van der Waals surface area contributed by atoms with E-state index in [2.05, 4.69) is 0 Å². The highest BCUT2D eigenvalue weighted by atomic mass is 32.2. The first-order valence-corrected chi connectivity index (χ1v) is 6.74. The Balaban J connectivity index is 2.29. The SMILES string of the molecule is COc1ccc(C2CSCCC2=O)cc1OC. The lowest BCUT2D eigenvalue weighted by Crippen LogP contribution is -2.20. The summed E-state index contributed by atoms with van der Waals surface area (Å²) >= 11 is 1.83. The predicted octanol–water partition coefficient (Wildman–Crippen LogP) is 2.49. The van der Waals surface area contributed by atoms with Gasteiger partial charge in [-0.3, -0.25) is 4.79 Å². The van der Waals surface area contributed by atoms with Crippen LogP contribution in [0, 0.1) is 0 Å². The first kappa shape index (κ1) is 12.3. The van der Waals surface area contributed by atoms with Gasteiger partial charge in [-0.25, -0.2) is 0 Å². The Bertz CT molecular complexity index is 417. The van der Waals surface area contributed by atoms with E-state index in [1.54, 1.807) is 14.2 Å². The van der Waals surface area contributed by atoms with Gasteiger partial charge in [0.25, 0.3) is 0 Å². The number of methoxy groups -OCH3 is 2. The highest BCUT2D eigenvalue weighted by molar-refractivity contribution is 7.99. The molecule has 3 nitrogen and oxygen atoms in total. The van der Waals surface area contributed by atoms with Gasteiger partial charge in [-0.15, -0.1) is 0 Å². The first-order valence-electron chi connectivity index (χ1n) is 5.58. The topological polar surface area (TPSA) is 35.5 Å². The molecule has 1 heterocycles. The van der Waals surface area contributed by atoms with E-state index in [0.29, 0.717) is 23.7 Å². The van der Waals surface area contributed by atoms with E-state index >= 15 is 0 Å². The Morgan fingerprint density at radius 3 is 2.65 bits per heavy atom. The van der Waals surface area contributed by atoms with Crippen molar-refractivity contribution in [2.45, 2.75) is 12.3 Å². The van der Waals surface area contributed by atoms with Gasteiger partial charge in [0, 0.05) is 17.9 Å². The highest BCUT2D eigenvalue weighted by Gasteiger charge is 2.25. The molecule has 0 aliphatic carbocycles. The van der Waals surface area contributed by atoms with E-state index < -0.39 is 0 Å². The minimum absolute atomic E-state index is 0.00792. The van der Waals surface area contributed by atoms with E-state index in [1.807, 2.05) is 30.0 Å². The van der Waals surface area contributed by atoms with Crippen molar-refractivity contribution in [1.29, 1.82) is 0 Å². The molecule has 0 spiro atoms. The van der Waals surface area contributed by atoms with Crippen LogP contribution in [0.3, 0.4) is 0 Å². The average Bonchev–Trinajstić information content (AvgIpc) is 2.38. The minimum Gasteiger partial charge on any atom is -0.493 e. The molecule has 0 N–H and O–H groups in total. The summed E-state index contributed by atoms with van der Waals surface area (Å²) in [6, 6.07) is 5.73. The van der Waals surface area contributed by atoms with E-state index in [4.69, 9.17) is 9.47 Å². The van der Waals surface area contributed by atoms with Crippen LogP contribution in [0.25, 0.3) is 0 Å². The molecule has 92 valence electrons. The van der Waals surface area contributed by atoms with E-state index in [9.17, 15) is 4.79 Å². The van der Waals surface area contributed by atoms with Crippen molar-refractivity contribution in [3.8, 4) is 11.5 Å². The Morgan fingerprint density at radius 1 is 1.24 bits per heavy atom. The van der Waals surface area contributed by atoms with Crippen LogP contribution in [0.4, 0.5) is 0 Å². The van der Waals surface area contributed by atoms with Gasteiger partial charge in [0.2, 0.25) is 0 Å². The van der Waals surface area contributed by atoms with Crippen LogP contribution in [-0.4, -0.2) is 31.5 Å². The standard InChI is InChI=1S/C13H16O3S/c1-15-12-4-3-9(7-13(12)16-2)10-8-17-6-5-11(10)14/h3-4,7,10H,5-6,8H2,1-2H3. The summed E-state index contributed by atoms with van der Waals surface area (Å²) in [5, 5.41) is 0. The number of rotatable bonds is 3. The van der Waals surface area contributed by atoms with Gasteiger partial charge in [-0.1, -0.05) is 6.07 Å². The number of hydrogen-bond acceptors (Lipinski definition) is 4. The normalized spacial score (nSPS) is 20.1. The van der Waals surface area contributed by atoms with Crippen molar-refractivity contribution in [3.63, 3.8) is 0 Å². The van der Waals surface area contributed by atoms with Crippen molar-refractivity contribution < 1.29 is 14.3 Å². The van der Waals surface area contributed by atoms with Gasteiger partial charge in [-0.05, 0) is 17.7 Å². The number of carbonyl (C=O) groups excluding carboxylic acids is 1. The van der Waals surface area contributed by atoms with Gasteiger partial charge >= 0.3 is 0 Å². The fourth-order valence-corrected chi connectivity index (χ4v) is 3.12. The number of Topliss-reactive ketones (excluding diaryl/α,β-unsaturated/α-hetero) is 1. The van der Waals surface area contributed by atoms with Gasteiger partial charge in [-0.2, -0.15) is 11.8 Å². The molecule has 0 radical (unpaired) electrons. The number of ether oxygens (including phenoxy) is 2. The molecule has 1 unspecified atom stereocenters. The second-order valence-electron chi connectivity index (χ2n) is 3.96. The molecule has 2 rings (SSSR count). The van der Waals surface area contributed by atoms with Crippen molar-refractivity contribution in [2.24, 2.45) is 0 Å². The molecule has 0 bridgehead atoms. The summed E-state index contributed by atoms with van der Waals surface area (Å²) < 4.78 is 10.5. The summed E-state index contributed by atoms with van der Waals surface area (Å²) in [6.45, 7) is 0. The van der Waals surface area contributed by atoms with Crippen LogP contribution in [0.5, 0.6) is 11.5 Å². The van der Waals surface area contributed by atoms with Crippen LogP contribution in [-0.2, 0) is 4.79 Å². The molecule has 1 aliphatic heterocycles. The first-order chi connectivity index (χ1) is 8.26. The van der Waals surface area contributed by atoms with Gasteiger partial charge < -0.3 is 9.47 Å². The fraction of sp³-hybridized carbons (Fsp3) is 0.462. The minimum atomic E-state index is 0.00792. The molecular formula is C13H16O3S. The fourth-order valence-electron chi connectivity index (χ4n) is 1.99. The molecule has 0 aromatic heterocycles. The van der Waals surface area contributed by atoms with Crippen molar-refractivity contribution >= 4 is 17.5 Å². The van der Waals surface area contributed by atoms with Crippen LogP contribution < -0.4 is 9.47 Å². The van der Waals surface area contributed by atoms with Crippen molar-refractivity contribution in [1.82, 2.24) is 0 Å². The zero-order chi connectivity index (χ0) is 12.3. The van der Waals surface area contributed by atoms with Gasteiger partial charge in [0.05, 0.1) is 20.1 Å². The summed E-state index contributed by atoms with van der Waals surface area (Å²) in [6.07, 6.45) is 0.670. The predicted molar refractivity (Wildman–Crippen MR) is 69.2 cm³/mol. The monoisotopic (exact) mass is 252 g/mol. The Labute approximate surface area is 105 Å². The van der Waals surface area contributed by atoms with Gasteiger partial charge in [0.15, 0.2) is 11.5 Å². The lowest BCUT2D eigenvalue weighted by Gasteiger charge is -2.21. The molecule has 4 heteroatoms. The van der Waals surface area contributed by atoms with E-state index in [0.717, 1.165) is 17.1 Å². The summed E-state index contributed by atoms with van der Waals surface area (Å²) in [5.41, 5.74) is 1.03. The Hall–Kier alpha value is -1.16. The molecule has 1 saturated heterocycles. The smallest absolute Gasteiger partial charge is 0.161 e. The molecule has 1 aliphatic rings. The zero-order valence-corrected chi connectivity index (χ0v) is 10.9. The third kappa shape index (κ3) is 2.57. The largest absolute Gasteiger partial charge is 0.493 e. The van der Waals surface area contributed by atoms with Crippen LogP contribution in [0.1, 0.15) is 17.9 Å². The quantitative estimate of drug-likeness (QED) is 0.828. The van der Waals surface area contributed by atoms with E-state index in [-0.39, 0.29) is 5.92 Å². The number of benzene rings is 1. The third-order valence-electron chi connectivity index (χ3n) is 2.98. The number of hydrogen-bond donors (Lipinski definition) is 0. The van der Waals surface area contributed by atoms with Crippen LogP contribution in [0.2, 0.25) is 0 Å². The lowest BCUT2D eigenvalue weighted by atomic mass is 9.94. The van der Waals surface area contributed by atoms with Gasteiger partial charge in [0.1, 0.15) is 5.78 Å². The molecule has 0 saturated carbocycles. The summed E-state index contributed by atoms with van der Waals surface area (Å²) in [7, 11) is 3.22. The molecule has 0 amide bonds. The average molecular weight is 252 g/mol. The lowest BCUT2D eigenvalue weighted by molar-refractivity contribution is -0.119. The Kier molecular flexibility index (Phi) is 3.94. The molecule has 1 atom stereocenters. The highest BCUT2D eigenvalue weighted by Crippen LogP contribution is 2.34. The van der Waals surface area contributed by atoms with Crippen LogP contribution in [0.15, 0.2) is 18.2 Å². The number of ketones is 1. The molecule has 1 aromatic rings. The molecule has 17 heavy (non-hydrogen) atoms. The zero-order valence-electron chi connectivity index (χ0n) is 10.1. The van der Waals surface area contributed by atoms with Crippen LogP contribution >= 0.6 is 11.8 Å².